The highest BCUT2D eigenvalue weighted by atomic mass is 16.3. The van der Waals surface area contributed by atoms with E-state index in [9.17, 15) is 14.4 Å². The maximum absolute atomic E-state index is 14.3. The number of nitrogens with zero attached hydrogens (tertiary/aromatic N) is 2. The minimum absolute atomic E-state index is 0.128. The first-order valence-electron chi connectivity index (χ1n) is 12.5. The standard InChI is InChI=1S/C31H23N3O4/c1-18-12-14-19(15-13-18)34-29(36)26-25-20-7-2-4-9-22(20)31(27(26)30(34)37,23-10-5-3-8-21(23)25)17-32-33-28(35)24-11-6-16-38-24/h2-17,25-27H,1H3,(H,33,35)/b32-17-/t25?,26-,27+,31?/m0/s1. The summed E-state index contributed by atoms with van der Waals surface area (Å²) in [5.74, 6) is -2.41. The van der Waals surface area contributed by atoms with Gasteiger partial charge in [-0.2, -0.15) is 5.10 Å². The van der Waals surface area contributed by atoms with Crippen molar-refractivity contribution in [3.8, 4) is 0 Å². The van der Waals surface area contributed by atoms with E-state index >= 15 is 0 Å². The molecule has 0 unspecified atom stereocenters. The van der Waals surface area contributed by atoms with Gasteiger partial charge in [-0.05, 0) is 53.4 Å². The van der Waals surface area contributed by atoms with Gasteiger partial charge in [-0.3, -0.25) is 14.4 Å². The van der Waals surface area contributed by atoms with Crippen LogP contribution in [0, 0.1) is 18.8 Å². The van der Waals surface area contributed by atoms with Crippen molar-refractivity contribution in [1.29, 1.82) is 0 Å². The maximum Gasteiger partial charge on any atom is 0.307 e. The lowest BCUT2D eigenvalue weighted by atomic mass is 9.47. The lowest BCUT2D eigenvalue weighted by Gasteiger charge is -2.52. The number of hydrogen-bond donors (Lipinski definition) is 1. The van der Waals surface area contributed by atoms with Crippen LogP contribution in [0.4, 0.5) is 5.69 Å². The minimum atomic E-state index is -1.05. The number of anilines is 1. The number of rotatable bonds is 4. The SMILES string of the molecule is Cc1ccc(N2C(=O)[C@H]3C4c5ccccc5C(/C=N\NC(=O)c5ccco5)(c5ccccc54)[C@H]3C2=O)cc1. The lowest BCUT2D eigenvalue weighted by Crippen LogP contribution is -2.54. The summed E-state index contributed by atoms with van der Waals surface area (Å²) in [4.78, 5) is 42.3. The van der Waals surface area contributed by atoms with E-state index in [1.807, 2.05) is 79.7 Å². The van der Waals surface area contributed by atoms with E-state index in [4.69, 9.17) is 4.42 Å². The maximum atomic E-state index is 14.3. The van der Waals surface area contributed by atoms with Crippen LogP contribution < -0.4 is 10.3 Å². The number of imide groups is 1. The van der Waals surface area contributed by atoms with Gasteiger partial charge >= 0.3 is 5.91 Å². The molecule has 0 saturated carbocycles. The summed E-state index contributed by atoms with van der Waals surface area (Å²) in [5.41, 5.74) is 6.96. The number of hydrogen-bond acceptors (Lipinski definition) is 5. The highest BCUT2D eigenvalue weighted by Gasteiger charge is 2.68. The molecule has 0 spiro atoms. The summed E-state index contributed by atoms with van der Waals surface area (Å²) < 4.78 is 5.19. The van der Waals surface area contributed by atoms with E-state index < -0.39 is 23.2 Å². The van der Waals surface area contributed by atoms with Crippen molar-refractivity contribution in [2.24, 2.45) is 16.9 Å². The lowest BCUT2D eigenvalue weighted by molar-refractivity contribution is -0.122. The summed E-state index contributed by atoms with van der Waals surface area (Å²) in [7, 11) is 0. The highest BCUT2D eigenvalue weighted by Crippen LogP contribution is 2.63. The number of carbonyl (C=O) groups is 3. The van der Waals surface area contributed by atoms with E-state index in [0.717, 1.165) is 27.8 Å². The van der Waals surface area contributed by atoms with Crippen LogP contribution in [0.1, 0.15) is 44.3 Å². The fraction of sp³-hybridized carbons (Fsp3) is 0.161. The Balaban J connectivity index is 1.43. The predicted molar refractivity (Wildman–Crippen MR) is 141 cm³/mol. The van der Waals surface area contributed by atoms with Crippen LogP contribution in [0.15, 0.2) is 101 Å². The molecule has 0 radical (unpaired) electrons. The van der Waals surface area contributed by atoms with Gasteiger partial charge in [0, 0.05) is 12.1 Å². The molecule has 186 valence electrons. The Morgan fingerprint density at radius 2 is 1.55 bits per heavy atom. The Hall–Kier alpha value is -4.78. The topological polar surface area (TPSA) is 92.0 Å². The van der Waals surface area contributed by atoms with Gasteiger partial charge in [-0.1, -0.05) is 66.2 Å². The smallest absolute Gasteiger partial charge is 0.307 e. The Kier molecular flexibility index (Phi) is 4.79. The molecule has 1 fully saturated rings. The third-order valence-electron chi connectivity index (χ3n) is 8.16. The molecule has 1 aromatic heterocycles. The monoisotopic (exact) mass is 501 g/mol. The Bertz CT molecular complexity index is 1590. The highest BCUT2D eigenvalue weighted by molar-refractivity contribution is 6.25. The predicted octanol–water partition coefficient (Wildman–Crippen LogP) is 4.55. The molecular formula is C31H23N3O4. The van der Waals surface area contributed by atoms with E-state index in [1.54, 1.807) is 18.3 Å². The van der Waals surface area contributed by atoms with Crippen molar-refractivity contribution < 1.29 is 18.8 Å². The number of carbonyl (C=O) groups excluding carboxylic acids is 3. The normalized spacial score (nSPS) is 24.9. The first-order valence-corrected chi connectivity index (χ1v) is 12.5. The van der Waals surface area contributed by atoms with E-state index in [2.05, 4.69) is 10.5 Å². The number of nitrogens with one attached hydrogen (secondary N) is 1. The fourth-order valence-corrected chi connectivity index (χ4v) is 6.65. The number of furan rings is 1. The summed E-state index contributed by atoms with van der Waals surface area (Å²) in [5, 5.41) is 4.38. The first-order chi connectivity index (χ1) is 18.5. The number of amides is 3. The molecule has 2 bridgehead atoms. The average Bonchev–Trinajstić information content (AvgIpc) is 3.57. The van der Waals surface area contributed by atoms with Crippen LogP contribution in [0.5, 0.6) is 0 Å². The number of hydrazone groups is 1. The third-order valence-corrected chi connectivity index (χ3v) is 8.16. The summed E-state index contributed by atoms with van der Waals surface area (Å²) in [6.07, 6.45) is 3.06. The molecule has 2 atom stereocenters. The van der Waals surface area contributed by atoms with Crippen molar-refractivity contribution in [2.45, 2.75) is 18.3 Å². The van der Waals surface area contributed by atoms with Crippen molar-refractivity contribution in [3.05, 3.63) is 125 Å². The van der Waals surface area contributed by atoms with E-state index in [1.165, 1.54) is 11.2 Å². The molecule has 3 aliphatic carbocycles. The summed E-state index contributed by atoms with van der Waals surface area (Å²) in [6.45, 7) is 1.97. The number of aryl methyl sites for hydroxylation is 1. The minimum Gasteiger partial charge on any atom is -0.459 e. The van der Waals surface area contributed by atoms with Crippen LogP contribution in [0.3, 0.4) is 0 Å². The molecule has 3 amide bonds. The number of benzene rings is 3. The molecule has 8 rings (SSSR count). The Morgan fingerprint density at radius 3 is 2.18 bits per heavy atom. The molecule has 2 heterocycles. The zero-order valence-corrected chi connectivity index (χ0v) is 20.5. The molecule has 38 heavy (non-hydrogen) atoms. The summed E-state index contributed by atoms with van der Waals surface area (Å²) in [6, 6.07) is 26.5. The van der Waals surface area contributed by atoms with Gasteiger partial charge in [0.05, 0.1) is 29.2 Å². The van der Waals surface area contributed by atoms with Gasteiger partial charge in [-0.15, -0.1) is 0 Å². The molecule has 7 nitrogen and oxygen atoms in total. The summed E-state index contributed by atoms with van der Waals surface area (Å²) >= 11 is 0. The van der Waals surface area contributed by atoms with Crippen molar-refractivity contribution in [1.82, 2.24) is 5.43 Å². The molecule has 4 aliphatic rings. The van der Waals surface area contributed by atoms with Gasteiger partial charge in [0.2, 0.25) is 11.8 Å². The van der Waals surface area contributed by atoms with Gasteiger partial charge < -0.3 is 4.42 Å². The van der Waals surface area contributed by atoms with Crippen LogP contribution in [-0.4, -0.2) is 23.9 Å². The van der Waals surface area contributed by atoms with Gasteiger partial charge in [0.1, 0.15) is 0 Å². The molecule has 7 heteroatoms. The molecule has 1 saturated heterocycles. The van der Waals surface area contributed by atoms with Crippen molar-refractivity contribution in [2.75, 3.05) is 4.90 Å². The zero-order chi connectivity index (χ0) is 26.0. The van der Waals surface area contributed by atoms with E-state index in [0.29, 0.717) is 5.69 Å². The van der Waals surface area contributed by atoms with Crippen molar-refractivity contribution in [3.63, 3.8) is 0 Å². The van der Waals surface area contributed by atoms with Crippen molar-refractivity contribution >= 4 is 29.6 Å². The second-order valence-corrected chi connectivity index (χ2v) is 10.0. The Morgan fingerprint density at radius 1 is 0.895 bits per heavy atom. The second-order valence-electron chi connectivity index (χ2n) is 10.0. The molecule has 1 N–H and O–H groups in total. The van der Waals surface area contributed by atoms with Crippen LogP contribution in [-0.2, 0) is 15.0 Å². The molecular weight excluding hydrogens is 478 g/mol. The van der Waals surface area contributed by atoms with Gasteiger partial charge in [0.15, 0.2) is 5.76 Å². The average molecular weight is 502 g/mol. The Labute approximate surface area is 218 Å². The van der Waals surface area contributed by atoms with Crippen LogP contribution in [0.2, 0.25) is 0 Å². The molecule has 4 aromatic rings. The zero-order valence-electron chi connectivity index (χ0n) is 20.5. The fourth-order valence-electron chi connectivity index (χ4n) is 6.65. The molecule has 1 aliphatic heterocycles. The van der Waals surface area contributed by atoms with Crippen LogP contribution in [0.25, 0.3) is 0 Å². The van der Waals surface area contributed by atoms with Crippen LogP contribution >= 0.6 is 0 Å². The van der Waals surface area contributed by atoms with Gasteiger partial charge in [0.25, 0.3) is 0 Å². The third kappa shape index (κ3) is 2.90. The van der Waals surface area contributed by atoms with E-state index in [-0.39, 0.29) is 23.5 Å². The quantitative estimate of drug-likeness (QED) is 0.252. The molecule has 3 aromatic carbocycles. The first kappa shape index (κ1) is 22.4. The largest absolute Gasteiger partial charge is 0.459 e. The van der Waals surface area contributed by atoms with Gasteiger partial charge in [-0.25, -0.2) is 10.3 Å². The second kappa shape index (κ2) is 8.11.